The number of benzene rings is 1. The maximum Gasteiger partial charge on any atom is 0.261 e. The Labute approximate surface area is 152 Å². The van der Waals surface area contributed by atoms with Crippen LogP contribution in [0.3, 0.4) is 0 Å². The lowest BCUT2D eigenvalue weighted by Gasteiger charge is -2.17. The summed E-state index contributed by atoms with van der Waals surface area (Å²) in [5.74, 6) is 0.446. The Hall–Kier alpha value is -1.90. The summed E-state index contributed by atoms with van der Waals surface area (Å²) < 4.78 is 33.3. The molecule has 25 heavy (non-hydrogen) atoms. The van der Waals surface area contributed by atoms with Gasteiger partial charge in [-0.1, -0.05) is 19.1 Å². The normalized spacial score (nSPS) is 12.6. The van der Waals surface area contributed by atoms with Crippen LogP contribution in [0, 0.1) is 0 Å². The van der Waals surface area contributed by atoms with E-state index in [1.54, 1.807) is 0 Å². The number of rotatable bonds is 8. The predicted octanol–water partition coefficient (Wildman–Crippen LogP) is 2.94. The minimum absolute atomic E-state index is 0.0977. The van der Waals surface area contributed by atoms with E-state index in [9.17, 15) is 13.2 Å². The quantitative estimate of drug-likeness (QED) is 0.735. The van der Waals surface area contributed by atoms with Gasteiger partial charge in [0.05, 0.1) is 16.4 Å². The van der Waals surface area contributed by atoms with Crippen molar-refractivity contribution >= 4 is 27.3 Å². The summed E-state index contributed by atoms with van der Waals surface area (Å²) in [4.78, 5) is 12.1. The zero-order chi connectivity index (χ0) is 18.4. The van der Waals surface area contributed by atoms with E-state index < -0.39 is 10.0 Å². The Bertz CT molecular complexity index is 813. The average molecular weight is 383 g/mol. The maximum atomic E-state index is 12.6. The van der Waals surface area contributed by atoms with Crippen LogP contribution in [0.5, 0.6) is 5.75 Å². The van der Waals surface area contributed by atoms with Gasteiger partial charge in [-0.3, -0.25) is 4.79 Å². The first-order valence-corrected chi connectivity index (χ1v) is 10.3. The molecule has 0 aliphatic carbocycles. The SMILES string of the molecule is CCOc1ccc(C(CC)NS(=O)(=O)c2csc(C(=O)NC)c2)cc1. The van der Waals surface area contributed by atoms with Crippen LogP contribution >= 0.6 is 11.3 Å². The largest absolute Gasteiger partial charge is 0.494 e. The zero-order valence-corrected chi connectivity index (χ0v) is 16.0. The lowest BCUT2D eigenvalue weighted by atomic mass is 10.1. The van der Waals surface area contributed by atoms with Gasteiger partial charge in [0.2, 0.25) is 10.0 Å². The van der Waals surface area contributed by atoms with Crippen LogP contribution in [-0.2, 0) is 10.0 Å². The first-order chi connectivity index (χ1) is 11.9. The monoisotopic (exact) mass is 382 g/mol. The van der Waals surface area contributed by atoms with Gasteiger partial charge in [-0.2, -0.15) is 0 Å². The minimum atomic E-state index is -3.71. The summed E-state index contributed by atoms with van der Waals surface area (Å²) in [5, 5.41) is 3.95. The van der Waals surface area contributed by atoms with Crippen molar-refractivity contribution in [3.8, 4) is 5.75 Å². The second kappa shape index (κ2) is 8.46. The van der Waals surface area contributed by atoms with E-state index in [1.807, 2.05) is 38.1 Å². The molecule has 1 aromatic carbocycles. The van der Waals surface area contributed by atoms with Crippen molar-refractivity contribution in [3.05, 3.63) is 46.2 Å². The molecule has 6 nitrogen and oxygen atoms in total. The first-order valence-electron chi connectivity index (χ1n) is 7.97. The Kier molecular flexibility index (Phi) is 6.57. The van der Waals surface area contributed by atoms with E-state index in [2.05, 4.69) is 10.0 Å². The second-order valence-corrected chi connectivity index (χ2v) is 7.94. The third-order valence-corrected chi connectivity index (χ3v) is 6.16. The third-order valence-electron chi connectivity index (χ3n) is 3.64. The van der Waals surface area contributed by atoms with Gasteiger partial charge in [0.15, 0.2) is 0 Å². The zero-order valence-electron chi connectivity index (χ0n) is 14.4. The number of carbonyl (C=O) groups excluding carboxylic acids is 1. The Morgan fingerprint density at radius 2 is 1.92 bits per heavy atom. The molecule has 0 spiro atoms. The van der Waals surface area contributed by atoms with Crippen molar-refractivity contribution in [1.29, 1.82) is 0 Å². The molecule has 0 bridgehead atoms. The molecule has 136 valence electrons. The fraction of sp³-hybridized carbons (Fsp3) is 0.353. The molecule has 0 aliphatic rings. The summed E-state index contributed by atoms with van der Waals surface area (Å²) in [5.41, 5.74) is 0.858. The molecule has 1 amide bonds. The summed E-state index contributed by atoms with van der Waals surface area (Å²) in [6.45, 7) is 4.40. The number of hydrogen-bond acceptors (Lipinski definition) is 5. The molecule has 8 heteroatoms. The van der Waals surface area contributed by atoms with E-state index in [4.69, 9.17) is 4.74 Å². The smallest absolute Gasteiger partial charge is 0.261 e. The molecule has 2 N–H and O–H groups in total. The summed E-state index contributed by atoms with van der Waals surface area (Å²) >= 11 is 1.10. The van der Waals surface area contributed by atoms with Crippen LogP contribution in [0.25, 0.3) is 0 Å². The van der Waals surface area contributed by atoms with Crippen molar-refractivity contribution < 1.29 is 17.9 Å². The summed E-state index contributed by atoms with van der Waals surface area (Å²) in [6, 6.07) is 8.38. The van der Waals surface area contributed by atoms with Crippen LogP contribution in [0.1, 0.15) is 41.5 Å². The van der Waals surface area contributed by atoms with Gasteiger partial charge >= 0.3 is 0 Å². The number of ether oxygens (including phenoxy) is 1. The minimum Gasteiger partial charge on any atom is -0.494 e. The van der Waals surface area contributed by atoms with Gasteiger partial charge in [-0.25, -0.2) is 13.1 Å². The van der Waals surface area contributed by atoms with Crippen molar-refractivity contribution in [1.82, 2.24) is 10.0 Å². The van der Waals surface area contributed by atoms with Crippen LogP contribution in [0.4, 0.5) is 0 Å². The molecule has 1 heterocycles. The number of amides is 1. The number of nitrogens with one attached hydrogen (secondary N) is 2. The predicted molar refractivity (Wildman–Crippen MR) is 98.7 cm³/mol. The summed E-state index contributed by atoms with van der Waals surface area (Å²) in [6.07, 6.45) is 0.597. The standard InChI is InChI=1S/C17H22N2O4S2/c1-4-15(12-6-8-13(9-7-12)23-5-2)19-25(21,22)14-10-16(24-11-14)17(20)18-3/h6-11,15,19H,4-5H2,1-3H3,(H,18,20). The Balaban J connectivity index is 2.19. The summed E-state index contributed by atoms with van der Waals surface area (Å²) in [7, 11) is -2.20. The highest BCUT2D eigenvalue weighted by Crippen LogP contribution is 2.25. The molecule has 1 aromatic heterocycles. The second-order valence-electron chi connectivity index (χ2n) is 5.31. The lowest BCUT2D eigenvalue weighted by Crippen LogP contribution is -2.28. The van der Waals surface area contributed by atoms with E-state index in [0.717, 1.165) is 22.6 Å². The molecule has 0 aliphatic heterocycles. The fourth-order valence-corrected chi connectivity index (χ4v) is 4.83. The first kappa shape index (κ1) is 19.4. The fourth-order valence-electron chi connectivity index (χ4n) is 2.31. The topological polar surface area (TPSA) is 84.5 Å². The van der Waals surface area contributed by atoms with Crippen molar-refractivity contribution in [2.45, 2.75) is 31.2 Å². The molecule has 0 radical (unpaired) electrons. The molecule has 2 rings (SSSR count). The van der Waals surface area contributed by atoms with E-state index >= 15 is 0 Å². The van der Waals surface area contributed by atoms with Crippen molar-refractivity contribution in [2.24, 2.45) is 0 Å². The van der Waals surface area contributed by atoms with Crippen molar-refractivity contribution in [2.75, 3.05) is 13.7 Å². The number of thiophene rings is 1. The van der Waals surface area contributed by atoms with Crippen LogP contribution < -0.4 is 14.8 Å². The molecular weight excluding hydrogens is 360 g/mol. The van der Waals surface area contributed by atoms with Crippen molar-refractivity contribution in [3.63, 3.8) is 0 Å². The van der Waals surface area contributed by atoms with Gasteiger partial charge in [-0.05, 0) is 37.1 Å². The number of carbonyl (C=O) groups is 1. The molecule has 0 saturated carbocycles. The molecule has 1 unspecified atom stereocenters. The van der Waals surface area contributed by atoms with E-state index in [0.29, 0.717) is 17.9 Å². The van der Waals surface area contributed by atoms with Gasteiger partial charge in [0, 0.05) is 18.5 Å². The van der Waals surface area contributed by atoms with Crippen LogP contribution in [-0.4, -0.2) is 28.0 Å². The highest BCUT2D eigenvalue weighted by atomic mass is 32.2. The van der Waals surface area contributed by atoms with Gasteiger partial charge in [0.25, 0.3) is 5.91 Å². The highest BCUT2D eigenvalue weighted by molar-refractivity contribution is 7.89. The molecule has 0 saturated heterocycles. The maximum absolute atomic E-state index is 12.6. The van der Waals surface area contributed by atoms with Crippen LogP contribution in [0.15, 0.2) is 40.6 Å². The number of hydrogen-bond donors (Lipinski definition) is 2. The molecule has 2 aromatic rings. The Morgan fingerprint density at radius 1 is 1.24 bits per heavy atom. The third kappa shape index (κ3) is 4.81. The van der Waals surface area contributed by atoms with E-state index in [1.165, 1.54) is 18.5 Å². The Morgan fingerprint density at radius 3 is 2.48 bits per heavy atom. The van der Waals surface area contributed by atoms with E-state index in [-0.39, 0.29) is 16.8 Å². The lowest BCUT2D eigenvalue weighted by molar-refractivity contribution is 0.0967. The molecule has 0 fully saturated rings. The molecule has 1 atom stereocenters. The molecular formula is C17H22N2O4S2. The van der Waals surface area contributed by atoms with Crippen LogP contribution in [0.2, 0.25) is 0 Å². The highest BCUT2D eigenvalue weighted by Gasteiger charge is 2.22. The number of sulfonamides is 1. The average Bonchev–Trinajstić information content (AvgIpc) is 3.11. The van der Waals surface area contributed by atoms with Gasteiger partial charge in [0.1, 0.15) is 5.75 Å². The van der Waals surface area contributed by atoms with Gasteiger partial charge in [-0.15, -0.1) is 11.3 Å². The van der Waals surface area contributed by atoms with Gasteiger partial charge < -0.3 is 10.1 Å².